The number of benzene rings is 1. The molecule has 5 heteroatoms. The van der Waals surface area contributed by atoms with Crippen LogP contribution in [-0.2, 0) is 11.2 Å². The summed E-state index contributed by atoms with van der Waals surface area (Å²) in [5.41, 5.74) is 0.996. The highest BCUT2D eigenvalue weighted by molar-refractivity contribution is 5.76. The Hall–Kier alpha value is -2.14. The summed E-state index contributed by atoms with van der Waals surface area (Å²) in [7, 11) is 0. The number of hydrogen-bond donors (Lipinski definition) is 2. The van der Waals surface area contributed by atoms with E-state index in [0.29, 0.717) is 25.2 Å². The van der Waals surface area contributed by atoms with Gasteiger partial charge in [-0.3, -0.25) is 4.79 Å². The molecule has 0 aliphatic rings. The van der Waals surface area contributed by atoms with E-state index in [0.717, 1.165) is 11.3 Å². The van der Waals surface area contributed by atoms with Crippen molar-refractivity contribution in [1.29, 1.82) is 0 Å². The third kappa shape index (κ3) is 5.21. The van der Waals surface area contributed by atoms with E-state index in [9.17, 15) is 4.79 Å². The van der Waals surface area contributed by atoms with Gasteiger partial charge in [0.05, 0.1) is 6.20 Å². The van der Waals surface area contributed by atoms with Gasteiger partial charge in [0.1, 0.15) is 0 Å². The molecule has 0 bridgehead atoms. The predicted octanol–water partition coefficient (Wildman–Crippen LogP) is 2.80. The van der Waals surface area contributed by atoms with Crippen LogP contribution in [0.15, 0.2) is 40.9 Å². The Morgan fingerprint density at radius 3 is 2.74 bits per heavy atom. The summed E-state index contributed by atoms with van der Waals surface area (Å²) in [4.78, 5) is 16.1. The van der Waals surface area contributed by atoms with E-state index in [-0.39, 0.29) is 24.5 Å². The van der Waals surface area contributed by atoms with Crippen molar-refractivity contribution in [2.45, 2.75) is 39.2 Å². The second-order valence-electron chi connectivity index (χ2n) is 5.85. The molecule has 0 aliphatic carbocycles. The predicted molar refractivity (Wildman–Crippen MR) is 88.7 cm³/mol. The molecule has 2 aromatic rings. The first kappa shape index (κ1) is 17.2. The van der Waals surface area contributed by atoms with E-state index in [1.807, 2.05) is 44.2 Å². The summed E-state index contributed by atoms with van der Waals surface area (Å²) in [5, 5.41) is 12.0. The number of oxazole rings is 1. The van der Waals surface area contributed by atoms with Crippen molar-refractivity contribution < 1.29 is 14.3 Å². The van der Waals surface area contributed by atoms with Crippen molar-refractivity contribution in [2.24, 2.45) is 5.92 Å². The number of carbonyl (C=O) groups excluding carboxylic acids is 1. The van der Waals surface area contributed by atoms with Gasteiger partial charge in [-0.2, -0.15) is 0 Å². The molecular formula is C18H24N2O3. The van der Waals surface area contributed by atoms with Crippen molar-refractivity contribution in [3.63, 3.8) is 0 Å². The van der Waals surface area contributed by atoms with E-state index in [1.54, 1.807) is 6.20 Å². The molecule has 0 saturated heterocycles. The monoisotopic (exact) mass is 316 g/mol. The van der Waals surface area contributed by atoms with Crippen LogP contribution in [0.3, 0.4) is 0 Å². The third-order valence-corrected chi connectivity index (χ3v) is 3.94. The fourth-order valence-electron chi connectivity index (χ4n) is 2.19. The molecule has 0 fully saturated rings. The maximum absolute atomic E-state index is 11.8. The summed E-state index contributed by atoms with van der Waals surface area (Å²) >= 11 is 0. The van der Waals surface area contributed by atoms with Crippen LogP contribution in [0.25, 0.3) is 11.3 Å². The maximum atomic E-state index is 11.8. The van der Waals surface area contributed by atoms with Crippen molar-refractivity contribution in [2.75, 3.05) is 6.61 Å². The Labute approximate surface area is 136 Å². The summed E-state index contributed by atoms with van der Waals surface area (Å²) in [6, 6.07) is 9.78. The topological polar surface area (TPSA) is 75.4 Å². The normalized spacial score (nSPS) is 13.5. The average molecular weight is 316 g/mol. The second-order valence-corrected chi connectivity index (χ2v) is 5.85. The van der Waals surface area contributed by atoms with Gasteiger partial charge < -0.3 is 14.8 Å². The zero-order valence-corrected chi connectivity index (χ0v) is 13.7. The number of rotatable bonds is 8. The molecule has 1 amide bonds. The van der Waals surface area contributed by atoms with Gasteiger partial charge in [-0.05, 0) is 19.3 Å². The van der Waals surface area contributed by atoms with Gasteiger partial charge in [-0.25, -0.2) is 4.98 Å². The molecule has 0 saturated carbocycles. The number of aliphatic hydroxyl groups is 1. The molecule has 2 N–H and O–H groups in total. The first-order chi connectivity index (χ1) is 11.1. The van der Waals surface area contributed by atoms with Crippen molar-refractivity contribution in [3.05, 3.63) is 42.4 Å². The first-order valence-electron chi connectivity index (χ1n) is 8.00. The SMILES string of the molecule is CC(CO)C(C)NC(=O)CCCc1ncc(-c2ccccc2)o1. The number of hydrogen-bond acceptors (Lipinski definition) is 4. The minimum absolute atomic E-state index is 0.00682. The van der Waals surface area contributed by atoms with Gasteiger partial charge in [0.2, 0.25) is 5.91 Å². The van der Waals surface area contributed by atoms with Crippen molar-refractivity contribution in [1.82, 2.24) is 10.3 Å². The van der Waals surface area contributed by atoms with Crippen molar-refractivity contribution >= 4 is 5.91 Å². The molecule has 1 aromatic heterocycles. The van der Waals surface area contributed by atoms with Gasteiger partial charge in [0, 0.05) is 31.1 Å². The van der Waals surface area contributed by atoms with Gasteiger partial charge >= 0.3 is 0 Å². The van der Waals surface area contributed by atoms with Crippen LogP contribution in [-0.4, -0.2) is 28.6 Å². The first-order valence-corrected chi connectivity index (χ1v) is 8.00. The number of carbonyl (C=O) groups is 1. The maximum Gasteiger partial charge on any atom is 0.220 e. The lowest BCUT2D eigenvalue weighted by atomic mass is 10.0. The molecule has 23 heavy (non-hydrogen) atoms. The molecule has 1 aromatic carbocycles. The number of nitrogens with zero attached hydrogens (tertiary/aromatic N) is 1. The van der Waals surface area contributed by atoms with Crippen LogP contribution in [0.2, 0.25) is 0 Å². The highest BCUT2D eigenvalue weighted by atomic mass is 16.4. The van der Waals surface area contributed by atoms with Gasteiger partial charge in [0.15, 0.2) is 11.7 Å². The number of aryl methyl sites for hydroxylation is 1. The molecular weight excluding hydrogens is 292 g/mol. The Morgan fingerprint density at radius 2 is 2.04 bits per heavy atom. The zero-order chi connectivity index (χ0) is 16.7. The third-order valence-electron chi connectivity index (χ3n) is 3.94. The number of aromatic nitrogens is 1. The Bertz CT molecular complexity index is 610. The summed E-state index contributed by atoms with van der Waals surface area (Å²) in [6.07, 6.45) is 3.45. The lowest BCUT2D eigenvalue weighted by Crippen LogP contribution is -2.38. The van der Waals surface area contributed by atoms with Crippen LogP contribution >= 0.6 is 0 Å². The number of aliphatic hydroxyl groups excluding tert-OH is 1. The number of nitrogens with one attached hydrogen (secondary N) is 1. The molecule has 1 heterocycles. The standard InChI is InChI=1S/C18H24N2O3/c1-13(12-21)14(2)20-17(22)9-6-10-18-19-11-16(23-18)15-7-4-3-5-8-15/h3-5,7-8,11,13-14,21H,6,9-10,12H2,1-2H3,(H,20,22). The lowest BCUT2D eigenvalue weighted by molar-refractivity contribution is -0.122. The van der Waals surface area contributed by atoms with Crippen LogP contribution in [0.1, 0.15) is 32.6 Å². The lowest BCUT2D eigenvalue weighted by Gasteiger charge is -2.19. The minimum Gasteiger partial charge on any atom is -0.441 e. The van der Waals surface area contributed by atoms with E-state index in [1.165, 1.54) is 0 Å². The van der Waals surface area contributed by atoms with Crippen LogP contribution < -0.4 is 5.32 Å². The largest absolute Gasteiger partial charge is 0.441 e. The van der Waals surface area contributed by atoms with Crippen LogP contribution in [0, 0.1) is 5.92 Å². The fourth-order valence-corrected chi connectivity index (χ4v) is 2.19. The van der Waals surface area contributed by atoms with Gasteiger partial charge in [-0.15, -0.1) is 0 Å². The molecule has 124 valence electrons. The minimum atomic E-state index is -0.0288. The van der Waals surface area contributed by atoms with Crippen LogP contribution in [0.5, 0.6) is 0 Å². The second kappa shape index (κ2) is 8.48. The summed E-state index contributed by atoms with van der Waals surface area (Å²) in [6.45, 7) is 3.88. The fraction of sp³-hybridized carbons (Fsp3) is 0.444. The number of amides is 1. The van der Waals surface area contributed by atoms with Crippen LogP contribution in [0.4, 0.5) is 0 Å². The summed E-state index contributed by atoms with van der Waals surface area (Å²) in [5.74, 6) is 1.44. The smallest absolute Gasteiger partial charge is 0.220 e. The average Bonchev–Trinajstić information content (AvgIpc) is 3.03. The quantitative estimate of drug-likeness (QED) is 0.785. The van der Waals surface area contributed by atoms with E-state index >= 15 is 0 Å². The molecule has 2 unspecified atom stereocenters. The molecule has 0 spiro atoms. The van der Waals surface area contributed by atoms with Gasteiger partial charge in [0.25, 0.3) is 0 Å². The molecule has 0 aliphatic heterocycles. The molecule has 5 nitrogen and oxygen atoms in total. The van der Waals surface area contributed by atoms with Gasteiger partial charge in [-0.1, -0.05) is 37.3 Å². The van der Waals surface area contributed by atoms with E-state index < -0.39 is 0 Å². The Kier molecular flexibility index (Phi) is 6.35. The Balaban J connectivity index is 1.77. The van der Waals surface area contributed by atoms with Crippen molar-refractivity contribution in [3.8, 4) is 11.3 Å². The Morgan fingerprint density at radius 1 is 1.30 bits per heavy atom. The highest BCUT2D eigenvalue weighted by Gasteiger charge is 2.14. The van der Waals surface area contributed by atoms with E-state index in [2.05, 4.69) is 10.3 Å². The van der Waals surface area contributed by atoms with E-state index in [4.69, 9.17) is 9.52 Å². The zero-order valence-electron chi connectivity index (χ0n) is 13.7. The molecule has 0 radical (unpaired) electrons. The highest BCUT2D eigenvalue weighted by Crippen LogP contribution is 2.20. The molecule has 2 atom stereocenters. The molecule has 2 rings (SSSR count). The summed E-state index contributed by atoms with van der Waals surface area (Å²) < 4.78 is 5.71.